The predicted octanol–water partition coefficient (Wildman–Crippen LogP) is 4.64. The van der Waals surface area contributed by atoms with Gasteiger partial charge in [-0.3, -0.25) is 9.59 Å². The number of nitrogens with zero attached hydrogens (tertiary/aromatic N) is 1. The molecule has 1 aliphatic heterocycles. The number of H-pyrrole nitrogens is 1. The van der Waals surface area contributed by atoms with Gasteiger partial charge in [0.15, 0.2) is 16.7 Å². The van der Waals surface area contributed by atoms with Gasteiger partial charge < -0.3 is 19.8 Å². The molecule has 2 N–H and O–H groups in total. The van der Waals surface area contributed by atoms with Crippen molar-refractivity contribution in [3.8, 4) is 11.5 Å². The number of methoxy groups -OCH3 is 1. The second kappa shape index (κ2) is 10.1. The first-order valence-corrected chi connectivity index (χ1v) is 11.9. The van der Waals surface area contributed by atoms with E-state index in [1.165, 1.54) is 17.3 Å². The summed E-state index contributed by atoms with van der Waals surface area (Å²) in [6.07, 6.45) is 1.04. The molecule has 0 unspecified atom stereocenters. The molecule has 8 heteroatoms. The van der Waals surface area contributed by atoms with Crippen molar-refractivity contribution >= 4 is 23.5 Å². The van der Waals surface area contributed by atoms with Gasteiger partial charge >= 0.3 is 0 Å². The van der Waals surface area contributed by atoms with E-state index >= 15 is 0 Å². The minimum atomic E-state index is -0.421. The Morgan fingerprint density at radius 1 is 1.15 bits per heavy atom. The topological polar surface area (TPSA) is 93.3 Å². The quantitative estimate of drug-likeness (QED) is 0.372. The fourth-order valence-corrected chi connectivity index (χ4v) is 4.69. The fourth-order valence-electron chi connectivity index (χ4n) is 3.89. The molecule has 2 aromatic carbocycles. The summed E-state index contributed by atoms with van der Waals surface area (Å²) in [5.41, 5.74) is 3.33. The lowest BCUT2D eigenvalue weighted by atomic mass is 9.86. The van der Waals surface area contributed by atoms with Crippen LogP contribution in [0.3, 0.4) is 0 Å². The first-order valence-electron chi connectivity index (χ1n) is 10.9. The highest BCUT2D eigenvalue weighted by Gasteiger charge is 2.31. The number of aryl methyl sites for hydroxylation is 1. The van der Waals surface area contributed by atoms with Crippen molar-refractivity contribution in [3.05, 3.63) is 75.1 Å². The lowest BCUT2D eigenvalue weighted by Crippen LogP contribution is -2.31. The third kappa shape index (κ3) is 5.22. The van der Waals surface area contributed by atoms with Crippen molar-refractivity contribution in [1.82, 2.24) is 9.97 Å². The first-order chi connectivity index (χ1) is 16.0. The van der Waals surface area contributed by atoms with Crippen LogP contribution < -0.4 is 20.3 Å². The number of carbonyl (C=O) groups is 1. The second-order valence-corrected chi connectivity index (χ2v) is 8.94. The Labute approximate surface area is 196 Å². The molecule has 0 spiro atoms. The summed E-state index contributed by atoms with van der Waals surface area (Å²) in [7, 11) is 1.57. The number of rotatable bonds is 8. The van der Waals surface area contributed by atoms with Crippen molar-refractivity contribution in [1.29, 1.82) is 0 Å². The van der Waals surface area contributed by atoms with Crippen molar-refractivity contribution in [2.24, 2.45) is 0 Å². The number of hydrogen-bond acceptors (Lipinski definition) is 6. The first kappa shape index (κ1) is 22.9. The van der Waals surface area contributed by atoms with E-state index < -0.39 is 5.92 Å². The largest absolute Gasteiger partial charge is 0.493 e. The number of ether oxygens (including phenoxy) is 2. The molecule has 0 aliphatic carbocycles. The van der Waals surface area contributed by atoms with E-state index in [2.05, 4.69) is 21.4 Å². The second-order valence-electron chi connectivity index (χ2n) is 7.97. The molecule has 172 valence electrons. The Hall–Kier alpha value is -3.26. The molecule has 0 saturated carbocycles. The van der Waals surface area contributed by atoms with Gasteiger partial charge in [-0.1, -0.05) is 54.6 Å². The minimum absolute atomic E-state index is 0.159. The van der Waals surface area contributed by atoms with Gasteiger partial charge in [-0.15, -0.1) is 0 Å². The minimum Gasteiger partial charge on any atom is -0.493 e. The van der Waals surface area contributed by atoms with E-state index in [-0.39, 0.29) is 17.9 Å². The van der Waals surface area contributed by atoms with Crippen molar-refractivity contribution in [3.63, 3.8) is 0 Å². The van der Waals surface area contributed by atoms with Crippen LogP contribution in [0.2, 0.25) is 0 Å². The number of benzene rings is 2. The maximum absolute atomic E-state index is 13.1. The van der Waals surface area contributed by atoms with Gasteiger partial charge in [0.05, 0.1) is 19.3 Å². The number of hydrogen-bond donors (Lipinski definition) is 2. The zero-order chi connectivity index (χ0) is 23.4. The monoisotopic (exact) mass is 465 g/mol. The molecule has 3 aromatic rings. The molecule has 1 amide bonds. The highest BCUT2D eigenvalue weighted by molar-refractivity contribution is 7.98. The Morgan fingerprint density at radius 2 is 2.00 bits per heavy atom. The summed E-state index contributed by atoms with van der Waals surface area (Å²) in [5, 5.41) is 3.25. The molecular formula is C25H27N3O4S. The van der Waals surface area contributed by atoms with Crippen LogP contribution in [0.4, 0.5) is 5.82 Å². The number of nitrogens with one attached hydrogen (secondary N) is 2. The predicted molar refractivity (Wildman–Crippen MR) is 129 cm³/mol. The van der Waals surface area contributed by atoms with Gasteiger partial charge in [-0.05, 0) is 36.6 Å². The Kier molecular flexibility index (Phi) is 7.03. The van der Waals surface area contributed by atoms with Crippen LogP contribution in [0.25, 0.3) is 0 Å². The van der Waals surface area contributed by atoms with Crippen molar-refractivity contribution in [2.45, 2.75) is 43.5 Å². The number of fused-ring (bicyclic) bond motifs is 1. The molecule has 0 radical (unpaired) electrons. The number of aromatic amines is 1. The van der Waals surface area contributed by atoms with Crippen LogP contribution in [0.15, 0.2) is 52.4 Å². The van der Waals surface area contributed by atoms with Gasteiger partial charge in [0, 0.05) is 18.1 Å². The Balaban J connectivity index is 1.63. The maximum Gasteiger partial charge on any atom is 0.257 e. The van der Waals surface area contributed by atoms with E-state index in [9.17, 15) is 9.59 Å². The molecule has 2 heterocycles. The molecule has 0 fully saturated rings. The molecule has 4 rings (SSSR count). The van der Waals surface area contributed by atoms with Gasteiger partial charge in [-0.25, -0.2) is 4.98 Å². The van der Waals surface area contributed by atoms with Gasteiger partial charge in [-0.2, -0.15) is 0 Å². The average molecular weight is 466 g/mol. The molecule has 0 bridgehead atoms. The number of carbonyl (C=O) groups excluding carboxylic acids is 1. The molecule has 7 nitrogen and oxygen atoms in total. The normalized spacial score (nSPS) is 15.0. The maximum atomic E-state index is 13.1. The van der Waals surface area contributed by atoms with Crippen molar-refractivity contribution < 1.29 is 14.3 Å². The highest BCUT2D eigenvalue weighted by atomic mass is 32.2. The molecule has 1 aromatic heterocycles. The SMILES string of the molecule is CCCOc1ccc([C@H]2CC(=O)Nc3nc(SCc4cccc(C)c4)[nH]c(=O)c32)cc1OC. The third-order valence-electron chi connectivity index (χ3n) is 5.44. The highest BCUT2D eigenvalue weighted by Crippen LogP contribution is 2.38. The molecule has 0 saturated heterocycles. The van der Waals surface area contributed by atoms with E-state index in [1.807, 2.05) is 50.2 Å². The summed E-state index contributed by atoms with van der Waals surface area (Å²) in [6, 6.07) is 13.7. The molecule has 33 heavy (non-hydrogen) atoms. The summed E-state index contributed by atoms with van der Waals surface area (Å²) in [4.78, 5) is 33.0. The standard InChI is InChI=1S/C25H27N3O4S/c1-4-10-32-19-9-8-17(12-20(19)31-3)18-13-21(29)26-23-22(18)24(30)28-25(27-23)33-14-16-7-5-6-15(2)11-16/h5-9,11-12,18H,4,10,13-14H2,1-3H3,(H2,26,27,28,29,30)/t18-/m1/s1. The van der Waals surface area contributed by atoms with Crippen LogP contribution in [0, 0.1) is 6.92 Å². The van der Waals surface area contributed by atoms with Crippen LogP contribution in [0.1, 0.15) is 47.9 Å². The molecule has 1 aliphatic rings. The van der Waals surface area contributed by atoms with Crippen LogP contribution in [-0.4, -0.2) is 29.6 Å². The average Bonchev–Trinajstić information content (AvgIpc) is 2.80. The fraction of sp³-hybridized carbons (Fsp3) is 0.320. The molecular weight excluding hydrogens is 438 g/mol. The van der Waals surface area contributed by atoms with Crippen LogP contribution in [0.5, 0.6) is 11.5 Å². The third-order valence-corrected chi connectivity index (χ3v) is 6.38. The lowest BCUT2D eigenvalue weighted by Gasteiger charge is -2.25. The number of amides is 1. The van der Waals surface area contributed by atoms with E-state index in [0.717, 1.165) is 17.5 Å². The zero-order valence-corrected chi connectivity index (χ0v) is 19.8. The number of aromatic nitrogens is 2. The summed E-state index contributed by atoms with van der Waals surface area (Å²) < 4.78 is 11.2. The van der Waals surface area contributed by atoms with Gasteiger partial charge in [0.25, 0.3) is 5.56 Å². The van der Waals surface area contributed by atoms with Gasteiger partial charge in [0.2, 0.25) is 5.91 Å². The summed E-state index contributed by atoms with van der Waals surface area (Å²) in [6.45, 7) is 4.66. The number of thioether (sulfide) groups is 1. The summed E-state index contributed by atoms with van der Waals surface area (Å²) >= 11 is 1.43. The van der Waals surface area contributed by atoms with Gasteiger partial charge in [0.1, 0.15) is 5.82 Å². The smallest absolute Gasteiger partial charge is 0.257 e. The van der Waals surface area contributed by atoms with Crippen LogP contribution in [-0.2, 0) is 10.5 Å². The van der Waals surface area contributed by atoms with E-state index in [4.69, 9.17) is 9.47 Å². The molecule has 1 atom stereocenters. The Morgan fingerprint density at radius 3 is 2.76 bits per heavy atom. The van der Waals surface area contributed by atoms with Crippen molar-refractivity contribution in [2.75, 3.05) is 19.0 Å². The lowest BCUT2D eigenvalue weighted by molar-refractivity contribution is -0.116. The number of anilines is 1. The Bertz CT molecular complexity index is 1220. The zero-order valence-electron chi connectivity index (χ0n) is 18.9. The summed E-state index contributed by atoms with van der Waals surface area (Å²) in [5.74, 6) is 1.59. The van der Waals surface area contributed by atoms with E-state index in [1.54, 1.807) is 7.11 Å². The van der Waals surface area contributed by atoms with E-state index in [0.29, 0.717) is 40.4 Å². The van der Waals surface area contributed by atoms with Crippen LogP contribution >= 0.6 is 11.8 Å².